The smallest absolute Gasteiger partial charge is 0.339 e. The normalized spacial score (nSPS) is 14.3. The summed E-state index contributed by atoms with van der Waals surface area (Å²) in [6.45, 7) is 0.581. The molecule has 1 heterocycles. The highest BCUT2D eigenvalue weighted by Gasteiger charge is 2.19. The van der Waals surface area contributed by atoms with Crippen LogP contribution < -0.4 is 10.5 Å². The van der Waals surface area contributed by atoms with Crippen molar-refractivity contribution in [3.63, 3.8) is 0 Å². The third kappa shape index (κ3) is 1.39. The van der Waals surface area contributed by atoms with Crippen LogP contribution >= 0.6 is 0 Å². The molecule has 1 aliphatic rings. The number of ether oxygens (including phenoxy) is 1. The van der Waals surface area contributed by atoms with Crippen molar-refractivity contribution in [3.05, 3.63) is 23.3 Å². The van der Waals surface area contributed by atoms with Gasteiger partial charge in [0.1, 0.15) is 11.3 Å². The lowest BCUT2D eigenvalue weighted by Gasteiger charge is -2.19. The molecule has 0 bridgehead atoms. The minimum absolute atomic E-state index is 0.166. The van der Waals surface area contributed by atoms with E-state index >= 15 is 0 Å². The predicted molar refractivity (Wildman–Crippen MR) is 51.6 cm³/mol. The van der Waals surface area contributed by atoms with Gasteiger partial charge in [-0.2, -0.15) is 0 Å². The Bertz CT molecular complexity index is 387. The van der Waals surface area contributed by atoms with Gasteiger partial charge in [-0.25, -0.2) is 4.79 Å². The van der Waals surface area contributed by atoms with Gasteiger partial charge in [0, 0.05) is 5.69 Å². The van der Waals surface area contributed by atoms with Crippen molar-refractivity contribution in [2.24, 2.45) is 0 Å². The molecule has 74 valence electrons. The van der Waals surface area contributed by atoms with Gasteiger partial charge in [-0.15, -0.1) is 0 Å². The molecule has 1 aromatic carbocycles. The molecule has 0 aromatic heterocycles. The Balaban J connectivity index is 2.58. The van der Waals surface area contributed by atoms with Gasteiger partial charge >= 0.3 is 5.97 Å². The largest absolute Gasteiger partial charge is 0.492 e. The summed E-state index contributed by atoms with van der Waals surface area (Å²) >= 11 is 0. The van der Waals surface area contributed by atoms with Gasteiger partial charge in [0.05, 0.1) is 6.61 Å². The van der Waals surface area contributed by atoms with E-state index in [1.807, 2.05) is 0 Å². The molecular formula is C10H11NO3. The molecule has 0 fully saturated rings. The summed E-state index contributed by atoms with van der Waals surface area (Å²) < 4.78 is 5.33. The number of carboxylic acids is 1. The first kappa shape index (κ1) is 8.87. The fraction of sp³-hybridized carbons (Fsp3) is 0.300. The maximum absolute atomic E-state index is 10.9. The molecule has 0 amide bonds. The third-order valence-electron chi connectivity index (χ3n) is 2.26. The first-order valence-corrected chi connectivity index (χ1v) is 4.47. The van der Waals surface area contributed by atoms with Crippen LogP contribution in [0.3, 0.4) is 0 Å². The van der Waals surface area contributed by atoms with E-state index in [1.54, 1.807) is 6.07 Å². The van der Waals surface area contributed by atoms with Gasteiger partial charge in [0.15, 0.2) is 0 Å². The van der Waals surface area contributed by atoms with E-state index in [0.29, 0.717) is 18.0 Å². The van der Waals surface area contributed by atoms with Crippen LogP contribution in [0, 0.1) is 0 Å². The number of rotatable bonds is 1. The van der Waals surface area contributed by atoms with Crippen LogP contribution in [0.2, 0.25) is 0 Å². The SMILES string of the molecule is Nc1cc2c(c(C(=O)O)c1)OCCC2. The Kier molecular flexibility index (Phi) is 2.04. The number of nitrogen functional groups attached to an aromatic ring is 1. The van der Waals surface area contributed by atoms with E-state index in [0.717, 1.165) is 18.4 Å². The predicted octanol–water partition coefficient (Wildman–Crippen LogP) is 1.29. The van der Waals surface area contributed by atoms with Crippen molar-refractivity contribution >= 4 is 11.7 Å². The van der Waals surface area contributed by atoms with Gasteiger partial charge in [0.25, 0.3) is 0 Å². The fourth-order valence-corrected chi connectivity index (χ4v) is 1.67. The summed E-state index contributed by atoms with van der Waals surface area (Å²) in [5, 5.41) is 8.93. The van der Waals surface area contributed by atoms with Crippen molar-refractivity contribution in [2.45, 2.75) is 12.8 Å². The van der Waals surface area contributed by atoms with Crippen molar-refractivity contribution in [3.8, 4) is 5.75 Å². The zero-order valence-electron chi connectivity index (χ0n) is 7.62. The standard InChI is InChI=1S/C10H11NO3/c11-7-4-6-2-1-3-14-9(6)8(5-7)10(12)13/h4-5H,1-3,11H2,(H,12,13). The first-order chi connectivity index (χ1) is 6.68. The number of hydrogen-bond donors (Lipinski definition) is 2. The van der Waals surface area contributed by atoms with Crippen LogP contribution in [0.5, 0.6) is 5.75 Å². The minimum atomic E-state index is -0.990. The number of aromatic carboxylic acids is 1. The lowest BCUT2D eigenvalue weighted by molar-refractivity contribution is 0.0691. The van der Waals surface area contributed by atoms with Gasteiger partial charge in [-0.3, -0.25) is 0 Å². The molecule has 3 N–H and O–H groups in total. The van der Waals surface area contributed by atoms with Crippen LogP contribution in [0.4, 0.5) is 5.69 Å². The molecule has 4 heteroatoms. The number of carbonyl (C=O) groups is 1. The number of benzene rings is 1. The van der Waals surface area contributed by atoms with E-state index in [9.17, 15) is 4.79 Å². The van der Waals surface area contributed by atoms with Crippen molar-refractivity contribution < 1.29 is 14.6 Å². The molecule has 0 saturated heterocycles. The maximum Gasteiger partial charge on any atom is 0.339 e. The van der Waals surface area contributed by atoms with Crippen LogP contribution in [0.1, 0.15) is 22.3 Å². The molecule has 0 radical (unpaired) electrons. The number of fused-ring (bicyclic) bond motifs is 1. The Morgan fingerprint density at radius 1 is 1.50 bits per heavy atom. The van der Waals surface area contributed by atoms with Gasteiger partial charge in [0.2, 0.25) is 0 Å². The Morgan fingerprint density at radius 3 is 3.00 bits per heavy atom. The lowest BCUT2D eigenvalue weighted by atomic mass is 10.0. The monoisotopic (exact) mass is 193 g/mol. The number of aryl methyl sites for hydroxylation is 1. The van der Waals surface area contributed by atoms with E-state index < -0.39 is 5.97 Å². The van der Waals surface area contributed by atoms with Crippen LogP contribution in [-0.4, -0.2) is 17.7 Å². The van der Waals surface area contributed by atoms with Crippen molar-refractivity contribution in [1.29, 1.82) is 0 Å². The topological polar surface area (TPSA) is 72.6 Å². The van der Waals surface area contributed by atoms with Gasteiger partial charge in [-0.05, 0) is 30.5 Å². The van der Waals surface area contributed by atoms with E-state index in [1.165, 1.54) is 6.07 Å². The van der Waals surface area contributed by atoms with Gasteiger partial charge in [-0.1, -0.05) is 0 Å². The van der Waals surface area contributed by atoms with Gasteiger partial charge < -0.3 is 15.6 Å². The number of hydrogen-bond acceptors (Lipinski definition) is 3. The fourth-order valence-electron chi connectivity index (χ4n) is 1.67. The zero-order valence-corrected chi connectivity index (χ0v) is 7.62. The van der Waals surface area contributed by atoms with E-state index in [4.69, 9.17) is 15.6 Å². The molecule has 1 aliphatic heterocycles. The highest BCUT2D eigenvalue weighted by molar-refractivity contribution is 5.92. The maximum atomic E-state index is 10.9. The summed E-state index contributed by atoms with van der Waals surface area (Å²) in [5.41, 5.74) is 7.14. The molecule has 0 spiro atoms. The van der Waals surface area contributed by atoms with Crippen LogP contribution in [0.25, 0.3) is 0 Å². The molecule has 14 heavy (non-hydrogen) atoms. The average molecular weight is 193 g/mol. The number of anilines is 1. The summed E-state index contributed by atoms with van der Waals surface area (Å²) in [6.07, 6.45) is 1.75. The van der Waals surface area contributed by atoms with E-state index in [2.05, 4.69) is 0 Å². The Morgan fingerprint density at radius 2 is 2.29 bits per heavy atom. The second-order valence-electron chi connectivity index (χ2n) is 3.31. The highest BCUT2D eigenvalue weighted by Crippen LogP contribution is 2.31. The molecular weight excluding hydrogens is 182 g/mol. The Labute approximate surface area is 81.3 Å². The van der Waals surface area contributed by atoms with Crippen LogP contribution in [-0.2, 0) is 6.42 Å². The van der Waals surface area contributed by atoms with Crippen LogP contribution in [0.15, 0.2) is 12.1 Å². The second-order valence-corrected chi connectivity index (χ2v) is 3.31. The number of nitrogens with two attached hydrogens (primary N) is 1. The van der Waals surface area contributed by atoms with Crippen molar-refractivity contribution in [1.82, 2.24) is 0 Å². The molecule has 2 rings (SSSR count). The summed E-state index contributed by atoms with van der Waals surface area (Å²) in [7, 11) is 0. The molecule has 0 saturated carbocycles. The summed E-state index contributed by atoms with van der Waals surface area (Å²) in [5.74, 6) is -0.506. The molecule has 0 atom stereocenters. The number of carboxylic acid groups (broad SMARTS) is 1. The zero-order chi connectivity index (χ0) is 10.1. The molecule has 0 aliphatic carbocycles. The quantitative estimate of drug-likeness (QED) is 0.659. The molecule has 4 nitrogen and oxygen atoms in total. The Hall–Kier alpha value is -1.71. The highest BCUT2D eigenvalue weighted by atomic mass is 16.5. The summed E-state index contributed by atoms with van der Waals surface area (Å²) in [4.78, 5) is 10.9. The second kappa shape index (κ2) is 3.21. The first-order valence-electron chi connectivity index (χ1n) is 4.47. The minimum Gasteiger partial charge on any atom is -0.492 e. The van der Waals surface area contributed by atoms with E-state index in [-0.39, 0.29) is 5.56 Å². The third-order valence-corrected chi connectivity index (χ3v) is 2.26. The molecule has 1 aromatic rings. The average Bonchev–Trinajstić information content (AvgIpc) is 2.16. The van der Waals surface area contributed by atoms with Crippen molar-refractivity contribution in [2.75, 3.05) is 12.3 Å². The molecule has 0 unspecified atom stereocenters. The summed E-state index contributed by atoms with van der Waals surface area (Å²) in [6, 6.07) is 3.22. The lowest BCUT2D eigenvalue weighted by Crippen LogP contribution is -2.13.